The van der Waals surface area contributed by atoms with Gasteiger partial charge in [-0.3, -0.25) is 5.43 Å². The smallest absolute Gasteiger partial charge is 0.239 e. The lowest BCUT2D eigenvalue weighted by Gasteiger charge is -2.12. The van der Waals surface area contributed by atoms with Crippen molar-refractivity contribution >= 4 is 11.8 Å². The molecule has 2 aromatic heterocycles. The summed E-state index contributed by atoms with van der Waals surface area (Å²) in [5.74, 6) is 5.87. The number of hydrogen-bond acceptors (Lipinski definition) is 7. The summed E-state index contributed by atoms with van der Waals surface area (Å²) >= 11 is 0. The van der Waals surface area contributed by atoms with Gasteiger partial charge in [0.25, 0.3) is 0 Å². The van der Waals surface area contributed by atoms with Crippen LogP contribution < -0.4 is 16.6 Å². The van der Waals surface area contributed by atoms with E-state index in [0.29, 0.717) is 11.7 Å². The number of nitrogens with zero attached hydrogens (tertiary/aromatic N) is 3. The molecule has 96 valence electrons. The SMILES string of the molecule is Cc1cnc(C(C)Nc2nc(NN)ncc2F)o1. The van der Waals surface area contributed by atoms with Crippen LogP contribution in [0.5, 0.6) is 0 Å². The number of nitrogens with one attached hydrogen (secondary N) is 2. The summed E-state index contributed by atoms with van der Waals surface area (Å²) in [5.41, 5.74) is 2.24. The highest BCUT2D eigenvalue weighted by Crippen LogP contribution is 2.20. The summed E-state index contributed by atoms with van der Waals surface area (Å²) in [7, 11) is 0. The first-order valence-electron chi connectivity index (χ1n) is 5.28. The van der Waals surface area contributed by atoms with Crippen molar-refractivity contribution in [3.63, 3.8) is 0 Å². The standard InChI is InChI=1S/C10H13FN6O/c1-5-3-13-9(18-5)6(2)15-8-7(11)4-14-10(16-8)17-12/h3-4,6H,12H2,1-2H3,(H2,14,15,16,17). The van der Waals surface area contributed by atoms with Crippen molar-refractivity contribution in [1.29, 1.82) is 0 Å². The fourth-order valence-electron chi connectivity index (χ4n) is 1.38. The molecule has 0 aliphatic rings. The molecule has 7 nitrogen and oxygen atoms in total. The van der Waals surface area contributed by atoms with Gasteiger partial charge in [0, 0.05) is 0 Å². The fourth-order valence-corrected chi connectivity index (χ4v) is 1.38. The van der Waals surface area contributed by atoms with E-state index in [2.05, 4.69) is 25.7 Å². The van der Waals surface area contributed by atoms with Crippen LogP contribution in [0.15, 0.2) is 16.8 Å². The summed E-state index contributed by atoms with van der Waals surface area (Å²) in [6, 6.07) is -0.325. The van der Waals surface area contributed by atoms with Gasteiger partial charge >= 0.3 is 0 Å². The molecule has 0 saturated heterocycles. The zero-order valence-electron chi connectivity index (χ0n) is 9.94. The van der Waals surface area contributed by atoms with Crippen LogP contribution in [0.1, 0.15) is 24.6 Å². The Kier molecular flexibility index (Phi) is 3.38. The van der Waals surface area contributed by atoms with Gasteiger partial charge in [-0.25, -0.2) is 20.2 Å². The minimum atomic E-state index is -0.580. The molecule has 0 saturated carbocycles. The number of anilines is 2. The molecule has 8 heteroatoms. The summed E-state index contributed by atoms with van der Waals surface area (Å²) in [4.78, 5) is 11.5. The van der Waals surface area contributed by atoms with E-state index in [1.54, 1.807) is 20.0 Å². The number of nitrogen functional groups attached to an aromatic ring is 1. The van der Waals surface area contributed by atoms with E-state index in [4.69, 9.17) is 10.3 Å². The predicted octanol–water partition coefficient (Wildman–Crippen LogP) is 1.37. The van der Waals surface area contributed by atoms with Crippen molar-refractivity contribution in [3.8, 4) is 0 Å². The Morgan fingerprint density at radius 1 is 1.39 bits per heavy atom. The van der Waals surface area contributed by atoms with Crippen molar-refractivity contribution in [1.82, 2.24) is 15.0 Å². The highest BCUT2D eigenvalue weighted by Gasteiger charge is 2.15. The van der Waals surface area contributed by atoms with Crippen LogP contribution in [-0.4, -0.2) is 15.0 Å². The largest absolute Gasteiger partial charge is 0.444 e. The third-order valence-electron chi connectivity index (χ3n) is 2.24. The van der Waals surface area contributed by atoms with Crippen LogP contribution in [0.4, 0.5) is 16.2 Å². The van der Waals surface area contributed by atoms with E-state index >= 15 is 0 Å². The fraction of sp³-hybridized carbons (Fsp3) is 0.300. The first-order chi connectivity index (χ1) is 8.60. The number of halogens is 1. The molecule has 0 spiro atoms. The molecular weight excluding hydrogens is 239 g/mol. The number of aryl methyl sites for hydroxylation is 1. The lowest BCUT2D eigenvalue weighted by atomic mass is 10.3. The Morgan fingerprint density at radius 2 is 2.17 bits per heavy atom. The number of rotatable bonds is 4. The molecule has 0 fully saturated rings. The summed E-state index contributed by atoms with van der Waals surface area (Å²) in [6.45, 7) is 3.56. The highest BCUT2D eigenvalue weighted by atomic mass is 19.1. The van der Waals surface area contributed by atoms with Crippen LogP contribution >= 0.6 is 0 Å². The van der Waals surface area contributed by atoms with Crippen LogP contribution in [0, 0.1) is 12.7 Å². The van der Waals surface area contributed by atoms with Gasteiger partial charge in [0.1, 0.15) is 11.8 Å². The molecule has 0 amide bonds. The second kappa shape index (κ2) is 4.96. The van der Waals surface area contributed by atoms with Crippen LogP contribution in [-0.2, 0) is 0 Å². The molecule has 2 aromatic rings. The van der Waals surface area contributed by atoms with E-state index in [9.17, 15) is 4.39 Å². The van der Waals surface area contributed by atoms with Crippen LogP contribution in [0.25, 0.3) is 0 Å². The number of oxazole rings is 1. The normalized spacial score (nSPS) is 12.2. The van der Waals surface area contributed by atoms with Gasteiger partial charge in [0.2, 0.25) is 11.8 Å². The maximum absolute atomic E-state index is 13.5. The van der Waals surface area contributed by atoms with Crippen molar-refractivity contribution in [2.24, 2.45) is 5.84 Å². The Bertz CT molecular complexity index is 543. The molecule has 1 unspecified atom stereocenters. The molecule has 0 aliphatic carbocycles. The number of hydrogen-bond donors (Lipinski definition) is 3. The molecule has 1 atom stereocenters. The molecule has 18 heavy (non-hydrogen) atoms. The molecular formula is C10H13FN6O. The van der Waals surface area contributed by atoms with Gasteiger partial charge in [-0.05, 0) is 13.8 Å². The first kappa shape index (κ1) is 12.2. The van der Waals surface area contributed by atoms with E-state index in [1.807, 2.05) is 0 Å². The molecule has 0 aromatic carbocycles. The zero-order valence-corrected chi connectivity index (χ0v) is 9.94. The summed E-state index contributed by atoms with van der Waals surface area (Å²) in [5, 5.41) is 2.84. The Balaban J connectivity index is 2.18. The first-order valence-corrected chi connectivity index (χ1v) is 5.28. The van der Waals surface area contributed by atoms with Crippen LogP contribution in [0.3, 0.4) is 0 Å². The van der Waals surface area contributed by atoms with Gasteiger partial charge < -0.3 is 9.73 Å². The van der Waals surface area contributed by atoms with Crippen molar-refractivity contribution < 1.29 is 8.81 Å². The minimum absolute atomic E-state index is 0.0290. The monoisotopic (exact) mass is 252 g/mol. The number of nitrogens with two attached hydrogens (primary N) is 1. The molecule has 4 N–H and O–H groups in total. The third-order valence-corrected chi connectivity index (χ3v) is 2.24. The average Bonchev–Trinajstić information content (AvgIpc) is 2.79. The van der Waals surface area contributed by atoms with E-state index < -0.39 is 5.82 Å². The Hall–Kier alpha value is -2.22. The molecule has 2 rings (SSSR count). The highest BCUT2D eigenvalue weighted by molar-refractivity contribution is 5.41. The topological polar surface area (TPSA) is 102 Å². The van der Waals surface area contributed by atoms with Gasteiger partial charge in [0.05, 0.1) is 12.4 Å². The Morgan fingerprint density at radius 3 is 2.78 bits per heavy atom. The zero-order chi connectivity index (χ0) is 13.1. The van der Waals surface area contributed by atoms with Gasteiger partial charge in [-0.2, -0.15) is 4.98 Å². The molecule has 0 bridgehead atoms. The van der Waals surface area contributed by atoms with E-state index in [0.717, 1.165) is 6.20 Å². The second-order valence-electron chi connectivity index (χ2n) is 3.71. The Labute approximate surface area is 103 Å². The second-order valence-corrected chi connectivity index (χ2v) is 3.71. The molecule has 0 aliphatic heterocycles. The quantitative estimate of drug-likeness (QED) is 0.558. The maximum Gasteiger partial charge on any atom is 0.239 e. The van der Waals surface area contributed by atoms with Gasteiger partial charge in [-0.1, -0.05) is 0 Å². The maximum atomic E-state index is 13.5. The molecule has 2 heterocycles. The van der Waals surface area contributed by atoms with Crippen LogP contribution in [0.2, 0.25) is 0 Å². The minimum Gasteiger partial charge on any atom is -0.444 e. The number of aromatic nitrogens is 3. The lowest BCUT2D eigenvalue weighted by Crippen LogP contribution is -2.14. The van der Waals surface area contributed by atoms with Gasteiger partial charge in [0.15, 0.2) is 11.6 Å². The third kappa shape index (κ3) is 2.54. The van der Waals surface area contributed by atoms with Gasteiger partial charge in [-0.15, -0.1) is 0 Å². The average molecular weight is 252 g/mol. The summed E-state index contributed by atoms with van der Waals surface area (Å²) < 4.78 is 18.8. The van der Waals surface area contributed by atoms with Crippen molar-refractivity contribution in [2.45, 2.75) is 19.9 Å². The van der Waals surface area contributed by atoms with E-state index in [-0.39, 0.29) is 17.8 Å². The number of hydrazine groups is 1. The lowest BCUT2D eigenvalue weighted by molar-refractivity contribution is 0.452. The molecule has 0 radical (unpaired) electrons. The predicted molar refractivity (Wildman–Crippen MR) is 63.1 cm³/mol. The van der Waals surface area contributed by atoms with Crippen molar-refractivity contribution in [3.05, 3.63) is 29.9 Å². The van der Waals surface area contributed by atoms with E-state index in [1.165, 1.54) is 0 Å². The van der Waals surface area contributed by atoms with Crippen molar-refractivity contribution in [2.75, 3.05) is 10.7 Å². The summed E-state index contributed by atoms with van der Waals surface area (Å²) in [6.07, 6.45) is 2.62.